The molecule has 7 heteroatoms. The van der Waals surface area contributed by atoms with Gasteiger partial charge in [-0.05, 0) is 12.8 Å². The van der Waals surface area contributed by atoms with Crippen molar-refractivity contribution in [2.45, 2.75) is 24.9 Å². The van der Waals surface area contributed by atoms with Crippen LogP contribution in [0.1, 0.15) is 12.8 Å². The Labute approximate surface area is 119 Å². The monoisotopic (exact) mass is 302 g/mol. The van der Waals surface area contributed by atoms with Gasteiger partial charge >= 0.3 is 0 Å². The van der Waals surface area contributed by atoms with E-state index in [0.717, 1.165) is 0 Å². The fraction of sp³-hybridized carbons (Fsp3) is 0.769. The molecule has 114 valence electrons. The first-order chi connectivity index (χ1) is 9.43. The standard InChI is InChI=1S/C13H22N2O4S/c1-19-6-5-15(12-4-7-20(17,18)9-12)13(16)10-2-3-11(14)8-10/h2-3,10-12H,4-9,14H2,1H3. The van der Waals surface area contributed by atoms with Gasteiger partial charge in [-0.2, -0.15) is 0 Å². The van der Waals surface area contributed by atoms with Gasteiger partial charge < -0.3 is 15.4 Å². The predicted octanol–water partition coefficient (Wildman–Crippen LogP) is -0.448. The molecule has 1 heterocycles. The van der Waals surface area contributed by atoms with Crippen LogP contribution in [0.2, 0.25) is 0 Å². The molecule has 0 saturated carbocycles. The zero-order chi connectivity index (χ0) is 14.8. The lowest BCUT2D eigenvalue weighted by Gasteiger charge is -2.30. The van der Waals surface area contributed by atoms with E-state index < -0.39 is 9.84 Å². The van der Waals surface area contributed by atoms with Crippen LogP contribution in [-0.2, 0) is 19.4 Å². The Balaban J connectivity index is 2.07. The van der Waals surface area contributed by atoms with E-state index in [0.29, 0.717) is 26.0 Å². The fourth-order valence-corrected chi connectivity index (χ4v) is 4.54. The molecular weight excluding hydrogens is 280 g/mol. The molecule has 1 aliphatic heterocycles. The van der Waals surface area contributed by atoms with Gasteiger partial charge in [-0.3, -0.25) is 4.79 Å². The lowest BCUT2D eigenvalue weighted by molar-refractivity contribution is -0.136. The zero-order valence-corrected chi connectivity index (χ0v) is 12.5. The quantitative estimate of drug-likeness (QED) is 0.695. The zero-order valence-electron chi connectivity index (χ0n) is 11.7. The topological polar surface area (TPSA) is 89.7 Å². The van der Waals surface area contributed by atoms with Gasteiger partial charge in [0.15, 0.2) is 9.84 Å². The molecule has 0 aromatic rings. The first kappa shape index (κ1) is 15.5. The van der Waals surface area contributed by atoms with Crippen molar-refractivity contribution in [1.82, 2.24) is 4.90 Å². The lowest BCUT2D eigenvalue weighted by atomic mass is 10.0. The maximum absolute atomic E-state index is 12.6. The third-order valence-electron chi connectivity index (χ3n) is 3.90. The number of nitrogens with two attached hydrogens (primary N) is 1. The molecule has 1 amide bonds. The third-order valence-corrected chi connectivity index (χ3v) is 5.65. The maximum atomic E-state index is 12.6. The predicted molar refractivity (Wildman–Crippen MR) is 75.9 cm³/mol. The number of amides is 1. The second-order valence-corrected chi connectivity index (χ2v) is 7.70. The summed E-state index contributed by atoms with van der Waals surface area (Å²) in [5, 5.41) is 0. The van der Waals surface area contributed by atoms with Crippen LogP contribution in [0.25, 0.3) is 0 Å². The summed E-state index contributed by atoms with van der Waals surface area (Å²) in [6.07, 6.45) is 4.78. The molecule has 3 atom stereocenters. The number of carbonyl (C=O) groups is 1. The number of hydrogen-bond donors (Lipinski definition) is 1. The molecule has 0 aromatic carbocycles. The van der Waals surface area contributed by atoms with E-state index in [9.17, 15) is 13.2 Å². The fourth-order valence-electron chi connectivity index (χ4n) is 2.81. The molecule has 6 nitrogen and oxygen atoms in total. The molecule has 2 aliphatic rings. The lowest BCUT2D eigenvalue weighted by Crippen LogP contribution is -2.45. The smallest absolute Gasteiger partial charge is 0.229 e. The summed E-state index contributed by atoms with van der Waals surface area (Å²) >= 11 is 0. The van der Waals surface area contributed by atoms with E-state index in [1.54, 1.807) is 12.0 Å². The first-order valence-corrected chi connectivity index (χ1v) is 8.69. The van der Waals surface area contributed by atoms with E-state index in [1.165, 1.54) is 0 Å². The molecule has 0 bridgehead atoms. The minimum absolute atomic E-state index is 0.0339. The summed E-state index contributed by atoms with van der Waals surface area (Å²) in [5.41, 5.74) is 5.78. The highest BCUT2D eigenvalue weighted by Gasteiger charge is 2.37. The van der Waals surface area contributed by atoms with Gasteiger partial charge in [0.2, 0.25) is 5.91 Å². The maximum Gasteiger partial charge on any atom is 0.229 e. The Morgan fingerprint density at radius 3 is 2.70 bits per heavy atom. The van der Waals surface area contributed by atoms with Crippen molar-refractivity contribution >= 4 is 15.7 Å². The van der Waals surface area contributed by atoms with Gasteiger partial charge in [0, 0.05) is 25.7 Å². The second kappa shape index (κ2) is 6.24. The number of ether oxygens (including phenoxy) is 1. The first-order valence-electron chi connectivity index (χ1n) is 6.86. The van der Waals surface area contributed by atoms with Crippen molar-refractivity contribution in [2.75, 3.05) is 31.8 Å². The summed E-state index contributed by atoms with van der Waals surface area (Å²) < 4.78 is 28.3. The Hall–Kier alpha value is -0.920. The Kier molecular flexibility index (Phi) is 4.82. The van der Waals surface area contributed by atoms with Crippen LogP contribution in [0.3, 0.4) is 0 Å². The van der Waals surface area contributed by atoms with Gasteiger partial charge in [-0.15, -0.1) is 0 Å². The molecular formula is C13H22N2O4S. The largest absolute Gasteiger partial charge is 0.383 e. The summed E-state index contributed by atoms with van der Waals surface area (Å²) in [5.74, 6) is -0.0437. The third kappa shape index (κ3) is 3.59. The van der Waals surface area contributed by atoms with Crippen molar-refractivity contribution in [3.05, 3.63) is 12.2 Å². The van der Waals surface area contributed by atoms with Crippen molar-refractivity contribution in [2.24, 2.45) is 11.7 Å². The number of hydrogen-bond acceptors (Lipinski definition) is 5. The molecule has 3 unspecified atom stereocenters. The molecule has 2 rings (SSSR count). The summed E-state index contributed by atoms with van der Waals surface area (Å²) in [6, 6.07) is -0.312. The van der Waals surface area contributed by atoms with Crippen LogP contribution in [0.15, 0.2) is 12.2 Å². The van der Waals surface area contributed by atoms with Gasteiger partial charge in [-0.25, -0.2) is 8.42 Å². The highest BCUT2D eigenvalue weighted by Crippen LogP contribution is 2.24. The van der Waals surface area contributed by atoms with Crippen LogP contribution in [-0.4, -0.2) is 63.1 Å². The van der Waals surface area contributed by atoms with Gasteiger partial charge in [0.05, 0.1) is 24.0 Å². The van der Waals surface area contributed by atoms with Crippen molar-refractivity contribution < 1.29 is 17.9 Å². The Bertz CT molecular complexity index is 489. The van der Waals surface area contributed by atoms with Crippen molar-refractivity contribution in [3.8, 4) is 0 Å². The molecule has 1 aliphatic carbocycles. The normalized spacial score (nSPS) is 31.6. The SMILES string of the molecule is COCCN(C(=O)C1C=CC(N)C1)C1CCS(=O)(=O)C1. The number of carbonyl (C=O) groups excluding carboxylic acids is 1. The molecule has 1 saturated heterocycles. The average molecular weight is 302 g/mol. The van der Waals surface area contributed by atoms with E-state index in [2.05, 4.69) is 0 Å². The molecule has 1 fully saturated rings. The van der Waals surface area contributed by atoms with Crippen LogP contribution in [0.4, 0.5) is 0 Å². The van der Waals surface area contributed by atoms with E-state index in [-0.39, 0.29) is 35.4 Å². The summed E-state index contributed by atoms with van der Waals surface area (Å²) in [7, 11) is -1.44. The molecule has 0 aromatic heterocycles. The van der Waals surface area contributed by atoms with Gasteiger partial charge in [-0.1, -0.05) is 12.2 Å². The molecule has 20 heavy (non-hydrogen) atoms. The summed E-state index contributed by atoms with van der Waals surface area (Å²) in [6.45, 7) is 0.833. The van der Waals surface area contributed by atoms with Crippen molar-refractivity contribution in [1.29, 1.82) is 0 Å². The van der Waals surface area contributed by atoms with Gasteiger partial charge in [0.25, 0.3) is 0 Å². The van der Waals surface area contributed by atoms with Crippen LogP contribution in [0, 0.1) is 5.92 Å². The molecule has 0 radical (unpaired) electrons. The second-order valence-electron chi connectivity index (χ2n) is 5.47. The minimum atomic E-state index is -3.01. The average Bonchev–Trinajstić information content (AvgIpc) is 2.96. The van der Waals surface area contributed by atoms with Crippen LogP contribution in [0.5, 0.6) is 0 Å². The number of sulfone groups is 1. The van der Waals surface area contributed by atoms with Crippen LogP contribution >= 0.6 is 0 Å². The van der Waals surface area contributed by atoms with Gasteiger partial charge in [0.1, 0.15) is 0 Å². The number of nitrogens with zero attached hydrogens (tertiary/aromatic N) is 1. The van der Waals surface area contributed by atoms with E-state index >= 15 is 0 Å². The van der Waals surface area contributed by atoms with Crippen molar-refractivity contribution in [3.63, 3.8) is 0 Å². The Morgan fingerprint density at radius 1 is 1.45 bits per heavy atom. The molecule has 2 N–H and O–H groups in total. The highest BCUT2D eigenvalue weighted by atomic mass is 32.2. The summed E-state index contributed by atoms with van der Waals surface area (Å²) in [4.78, 5) is 14.2. The highest BCUT2D eigenvalue weighted by molar-refractivity contribution is 7.91. The number of methoxy groups -OCH3 is 1. The van der Waals surface area contributed by atoms with Crippen LogP contribution < -0.4 is 5.73 Å². The number of rotatable bonds is 5. The molecule has 0 spiro atoms. The van der Waals surface area contributed by atoms with E-state index in [1.807, 2.05) is 12.2 Å². The Morgan fingerprint density at radius 2 is 2.20 bits per heavy atom. The minimum Gasteiger partial charge on any atom is -0.383 e. The van der Waals surface area contributed by atoms with E-state index in [4.69, 9.17) is 10.5 Å².